The first kappa shape index (κ1) is 23.5. The van der Waals surface area contributed by atoms with Gasteiger partial charge in [0.2, 0.25) is 5.91 Å². The zero-order valence-electron chi connectivity index (χ0n) is 18.9. The van der Waals surface area contributed by atoms with E-state index in [2.05, 4.69) is 55.2 Å². The Morgan fingerprint density at radius 2 is 1.44 bits per heavy atom. The molecule has 0 aliphatic heterocycles. The molecule has 0 aliphatic carbocycles. The predicted molar refractivity (Wildman–Crippen MR) is 132 cm³/mol. The van der Waals surface area contributed by atoms with Crippen LogP contribution in [0.2, 0.25) is 0 Å². The highest BCUT2D eigenvalue weighted by molar-refractivity contribution is 5.86. The molecule has 1 N–H and O–H groups in total. The molecule has 32 heavy (non-hydrogen) atoms. The average Bonchev–Trinajstić information content (AvgIpc) is 2.82. The molecule has 0 saturated carbocycles. The number of aryl methyl sites for hydroxylation is 2. The average molecular weight is 430 g/mol. The topological polar surface area (TPSA) is 29.1 Å². The fourth-order valence-corrected chi connectivity index (χ4v) is 3.81. The van der Waals surface area contributed by atoms with E-state index in [1.807, 2.05) is 24.3 Å². The first-order chi connectivity index (χ1) is 15.6. The number of rotatable bonds is 11. The largest absolute Gasteiger partial charge is 0.353 e. The molecule has 3 rings (SSSR count). The molecule has 3 aromatic rings. The van der Waals surface area contributed by atoms with Crippen molar-refractivity contribution in [3.63, 3.8) is 0 Å². The summed E-state index contributed by atoms with van der Waals surface area (Å²) in [6, 6.07) is 22.2. The third kappa shape index (κ3) is 6.65. The molecule has 0 saturated heterocycles. The van der Waals surface area contributed by atoms with Gasteiger partial charge in [-0.25, -0.2) is 4.39 Å². The molecule has 0 aliphatic rings. The summed E-state index contributed by atoms with van der Waals surface area (Å²) in [4.78, 5) is 11.2. The third-order valence-electron chi connectivity index (χ3n) is 5.71. The van der Waals surface area contributed by atoms with Crippen LogP contribution in [-0.2, 0) is 17.6 Å². The van der Waals surface area contributed by atoms with Gasteiger partial charge < -0.3 is 5.32 Å². The second-order valence-corrected chi connectivity index (χ2v) is 8.14. The molecule has 0 spiro atoms. The Bertz CT molecular complexity index is 1020. The summed E-state index contributed by atoms with van der Waals surface area (Å²) in [7, 11) is 0. The maximum absolute atomic E-state index is 14.7. The first-order valence-electron chi connectivity index (χ1n) is 11.5. The second-order valence-electron chi connectivity index (χ2n) is 8.14. The molecule has 0 atom stereocenters. The van der Waals surface area contributed by atoms with Crippen molar-refractivity contribution in [2.75, 3.05) is 6.54 Å². The quantitative estimate of drug-likeness (QED) is 0.255. The van der Waals surface area contributed by atoms with Gasteiger partial charge in [-0.1, -0.05) is 87.0 Å². The standard InChI is InChI=1S/C29H32FNO/c1-3-5-6-8-22-10-13-24(14-11-22)25-15-17-26(18-16-25)27-19-12-23(21-28(27)30)9-7-20-31-29(32)4-2/h4,10-19,21H,2-3,5-9,20H2,1H3,(H,31,32). The van der Waals surface area contributed by atoms with E-state index in [9.17, 15) is 9.18 Å². The Hall–Kier alpha value is -3.20. The van der Waals surface area contributed by atoms with Crippen molar-refractivity contribution in [3.05, 3.63) is 96.3 Å². The summed E-state index contributed by atoms with van der Waals surface area (Å²) in [6.07, 6.45) is 7.60. The van der Waals surface area contributed by atoms with Crippen LogP contribution in [0.5, 0.6) is 0 Å². The SMILES string of the molecule is C=CC(=O)NCCCc1ccc(-c2ccc(-c3ccc(CCCCC)cc3)cc2)c(F)c1. The van der Waals surface area contributed by atoms with E-state index < -0.39 is 0 Å². The van der Waals surface area contributed by atoms with Crippen molar-refractivity contribution < 1.29 is 9.18 Å². The molecule has 0 heterocycles. The van der Waals surface area contributed by atoms with Crippen LogP contribution in [0, 0.1) is 5.82 Å². The Labute approximate surface area is 191 Å². The van der Waals surface area contributed by atoms with Gasteiger partial charge in [0, 0.05) is 12.1 Å². The Morgan fingerprint density at radius 1 is 0.844 bits per heavy atom. The number of halogens is 1. The van der Waals surface area contributed by atoms with E-state index in [-0.39, 0.29) is 11.7 Å². The Morgan fingerprint density at radius 3 is 2.06 bits per heavy atom. The molecule has 166 valence electrons. The first-order valence-corrected chi connectivity index (χ1v) is 11.5. The number of carbonyl (C=O) groups excluding carboxylic acids is 1. The zero-order valence-corrected chi connectivity index (χ0v) is 18.9. The molecule has 0 aromatic heterocycles. The molecule has 3 heteroatoms. The molecule has 0 bridgehead atoms. The van der Waals surface area contributed by atoms with Crippen LogP contribution < -0.4 is 5.32 Å². The summed E-state index contributed by atoms with van der Waals surface area (Å²) in [5.74, 6) is -0.403. The highest BCUT2D eigenvalue weighted by Gasteiger charge is 2.07. The minimum Gasteiger partial charge on any atom is -0.353 e. The summed E-state index contributed by atoms with van der Waals surface area (Å²) in [5.41, 5.74) is 6.08. The minimum atomic E-state index is -0.221. The van der Waals surface area contributed by atoms with E-state index in [1.165, 1.54) is 36.5 Å². The lowest BCUT2D eigenvalue weighted by Gasteiger charge is -2.09. The fraction of sp³-hybridized carbons (Fsp3) is 0.276. The predicted octanol–water partition coefficient (Wildman–Crippen LogP) is 7.13. The van der Waals surface area contributed by atoms with Crippen LogP contribution in [0.15, 0.2) is 79.4 Å². The number of amides is 1. The van der Waals surface area contributed by atoms with Crippen LogP contribution in [0.1, 0.15) is 43.7 Å². The van der Waals surface area contributed by atoms with Gasteiger partial charge in [0.25, 0.3) is 0 Å². The van der Waals surface area contributed by atoms with E-state index >= 15 is 0 Å². The number of carbonyl (C=O) groups is 1. The summed E-state index contributed by atoms with van der Waals surface area (Å²) in [5, 5.41) is 2.74. The normalized spacial score (nSPS) is 10.7. The smallest absolute Gasteiger partial charge is 0.243 e. The van der Waals surface area contributed by atoms with Gasteiger partial charge in [-0.05, 0) is 65.6 Å². The fourth-order valence-electron chi connectivity index (χ4n) is 3.81. The van der Waals surface area contributed by atoms with Gasteiger partial charge in [0.1, 0.15) is 5.82 Å². The van der Waals surface area contributed by atoms with Crippen LogP contribution in [-0.4, -0.2) is 12.5 Å². The lowest BCUT2D eigenvalue weighted by Crippen LogP contribution is -2.22. The highest BCUT2D eigenvalue weighted by atomic mass is 19.1. The second kappa shape index (κ2) is 12.0. The maximum atomic E-state index is 14.7. The summed E-state index contributed by atoms with van der Waals surface area (Å²) in [6.45, 7) is 6.20. The van der Waals surface area contributed by atoms with Crippen molar-refractivity contribution in [2.45, 2.75) is 45.4 Å². The van der Waals surface area contributed by atoms with E-state index in [0.717, 1.165) is 29.5 Å². The Kier molecular flexibility index (Phi) is 8.79. The number of unbranched alkanes of at least 4 members (excludes halogenated alkanes) is 2. The molecular formula is C29H32FNO. The Balaban J connectivity index is 1.61. The monoisotopic (exact) mass is 429 g/mol. The van der Waals surface area contributed by atoms with E-state index in [0.29, 0.717) is 18.5 Å². The number of benzene rings is 3. The lowest BCUT2D eigenvalue weighted by molar-refractivity contribution is -0.116. The van der Waals surface area contributed by atoms with Crippen LogP contribution in [0.4, 0.5) is 4.39 Å². The molecule has 0 unspecified atom stereocenters. The van der Waals surface area contributed by atoms with E-state index in [4.69, 9.17) is 0 Å². The van der Waals surface area contributed by atoms with Gasteiger partial charge in [-0.2, -0.15) is 0 Å². The van der Waals surface area contributed by atoms with Gasteiger partial charge in [-0.15, -0.1) is 0 Å². The molecule has 0 fully saturated rings. The van der Waals surface area contributed by atoms with Crippen molar-refractivity contribution in [2.24, 2.45) is 0 Å². The van der Waals surface area contributed by atoms with Gasteiger partial charge in [-0.3, -0.25) is 4.79 Å². The van der Waals surface area contributed by atoms with Crippen molar-refractivity contribution in [1.82, 2.24) is 5.32 Å². The number of nitrogens with one attached hydrogen (secondary N) is 1. The summed E-state index contributed by atoms with van der Waals surface area (Å²) >= 11 is 0. The maximum Gasteiger partial charge on any atom is 0.243 e. The molecule has 3 aromatic carbocycles. The van der Waals surface area contributed by atoms with Crippen LogP contribution in [0.3, 0.4) is 0 Å². The van der Waals surface area contributed by atoms with Gasteiger partial charge in [0.15, 0.2) is 0 Å². The van der Waals surface area contributed by atoms with Crippen molar-refractivity contribution >= 4 is 5.91 Å². The lowest BCUT2D eigenvalue weighted by atomic mass is 9.97. The third-order valence-corrected chi connectivity index (χ3v) is 5.71. The van der Waals surface area contributed by atoms with Crippen molar-refractivity contribution in [1.29, 1.82) is 0 Å². The summed E-state index contributed by atoms with van der Waals surface area (Å²) < 4.78 is 14.7. The van der Waals surface area contributed by atoms with Gasteiger partial charge >= 0.3 is 0 Å². The number of hydrogen-bond acceptors (Lipinski definition) is 1. The number of hydrogen-bond donors (Lipinski definition) is 1. The van der Waals surface area contributed by atoms with Crippen LogP contribution in [0.25, 0.3) is 22.3 Å². The van der Waals surface area contributed by atoms with E-state index in [1.54, 1.807) is 6.07 Å². The van der Waals surface area contributed by atoms with Gasteiger partial charge in [0.05, 0.1) is 0 Å². The molecule has 2 nitrogen and oxygen atoms in total. The zero-order chi connectivity index (χ0) is 22.8. The molecule has 0 radical (unpaired) electrons. The van der Waals surface area contributed by atoms with Crippen molar-refractivity contribution in [3.8, 4) is 22.3 Å². The highest BCUT2D eigenvalue weighted by Crippen LogP contribution is 2.28. The van der Waals surface area contributed by atoms with Crippen LogP contribution >= 0.6 is 0 Å². The molecular weight excluding hydrogens is 397 g/mol. The minimum absolute atomic E-state index is 0.183. The molecule has 1 amide bonds.